The molecular weight excluding hydrogens is 1050 g/mol. The van der Waals surface area contributed by atoms with Crippen LogP contribution >= 0.6 is 0 Å². The molecule has 0 atom stereocenters. The quantitative estimate of drug-likeness (QED) is 0.151. The molecule has 6 rings (SSSR count). The Morgan fingerprint density at radius 2 is 0.415 bits per heavy atom. The van der Waals surface area contributed by atoms with Crippen LogP contribution in [0.5, 0.6) is 0 Å². The largest absolute Gasteiger partial charge is 0.147 e. The second-order valence-electron chi connectivity index (χ2n) is 34.6. The normalized spacial score (nSPS) is 19.9. The van der Waals surface area contributed by atoms with Gasteiger partial charge in [0, 0.05) is 27.1 Å². The predicted octanol–water partition coefficient (Wildman–Crippen LogP) is 25.9. The molecule has 0 aromatic heterocycles. The highest BCUT2D eigenvalue weighted by molar-refractivity contribution is 6.92. The summed E-state index contributed by atoms with van der Waals surface area (Å²) < 4.78 is 0. The molecule has 470 valence electrons. The average molecular weight is 1190 g/mol. The monoisotopic (exact) mass is 1190 g/mol. The Hall–Kier alpha value is -1.33. The van der Waals surface area contributed by atoms with Crippen LogP contribution in [0.15, 0.2) is 0 Å². The van der Waals surface area contributed by atoms with Gasteiger partial charge in [-0.15, -0.1) is 51.8 Å². The smallest absolute Gasteiger partial charge is 0.130 e. The van der Waals surface area contributed by atoms with E-state index in [2.05, 4.69) is 230 Å². The Bertz CT molecular complexity index is 1970. The Labute approximate surface area is 521 Å². The molecule has 0 aromatic rings. The van der Waals surface area contributed by atoms with E-state index in [-0.39, 0.29) is 27.1 Å². The van der Waals surface area contributed by atoms with Gasteiger partial charge in [0.2, 0.25) is 0 Å². The van der Waals surface area contributed by atoms with Crippen LogP contribution in [0.25, 0.3) is 0 Å². The van der Waals surface area contributed by atoms with Crippen LogP contribution in [-0.2, 0) is 0 Å². The van der Waals surface area contributed by atoms with Crippen LogP contribution in [0, 0.1) is 84.8 Å². The lowest BCUT2D eigenvalue weighted by molar-refractivity contribution is 0.421. The molecule has 6 saturated carbocycles. The summed E-state index contributed by atoms with van der Waals surface area (Å²) in [5, 5.41) is 0. The van der Waals surface area contributed by atoms with Gasteiger partial charge in [-0.25, -0.2) is 0 Å². The van der Waals surface area contributed by atoms with E-state index in [0.29, 0.717) is 0 Å². The third-order valence-corrected chi connectivity index (χ3v) is 44.6. The molecule has 0 amide bonds. The Kier molecular flexibility index (Phi) is 32.2. The molecule has 6 aliphatic rings. The topological polar surface area (TPSA) is 0 Å². The summed E-state index contributed by atoms with van der Waals surface area (Å²) in [6.07, 6.45) is 40.7. The van der Waals surface area contributed by atoms with Crippen molar-refractivity contribution in [3.63, 3.8) is 0 Å². The molecule has 0 aromatic carbocycles. The third-order valence-electron chi connectivity index (χ3n) is 21.0. The van der Waals surface area contributed by atoms with Gasteiger partial charge in [0.25, 0.3) is 0 Å². The summed E-state index contributed by atoms with van der Waals surface area (Å²) >= 11 is 0. The van der Waals surface area contributed by atoms with Gasteiger partial charge in [-0.2, -0.15) is 0 Å². The Morgan fingerprint density at radius 1 is 0.256 bits per heavy atom. The molecule has 0 nitrogen and oxygen atoms in total. The van der Waals surface area contributed by atoms with Crippen molar-refractivity contribution in [2.24, 2.45) is 27.1 Å². The lowest BCUT2D eigenvalue weighted by Gasteiger charge is -2.50. The van der Waals surface area contributed by atoms with E-state index in [1.54, 1.807) is 0 Å². The van der Waals surface area contributed by atoms with Crippen molar-refractivity contribution < 1.29 is 0 Å². The van der Waals surface area contributed by atoms with Crippen molar-refractivity contribution in [2.75, 3.05) is 0 Å². The van der Waals surface area contributed by atoms with Gasteiger partial charge in [-0.05, 0) is 166 Å². The molecule has 6 aliphatic carbocycles. The van der Waals surface area contributed by atoms with Crippen LogP contribution < -0.4 is 0 Å². The summed E-state index contributed by atoms with van der Waals surface area (Å²) in [5.41, 5.74) is 25.8. The van der Waals surface area contributed by atoms with E-state index in [1.807, 2.05) is 6.92 Å². The van der Waals surface area contributed by atoms with Gasteiger partial charge < -0.3 is 0 Å². The third kappa shape index (κ3) is 25.8. The van der Waals surface area contributed by atoms with Gasteiger partial charge in [0.15, 0.2) is 0 Å². The molecule has 0 N–H and O–H groups in total. The first-order chi connectivity index (χ1) is 37.8. The highest BCUT2D eigenvalue weighted by Gasteiger charge is 2.55. The standard InChI is InChI=1S/C24H42Si.C21H36Si.2C13H26Si.C7H12/c1-24(2,3)19-20-25(21-13-7-4-8-14-21,22-15-9-5-10-16-22)23-17-11-6-12-18-23;1-21(2,3)16-17-22(18-10-4-5-11-18,19-12-6-7-13-19)20-14-8-9-15-20;2*1-11(2)14(8,12(3)4)10-9-13(5,6)7;1-5-6-7(2,3)4/h21-23H,4-18H2,1-3H3;18-20H,4-15H2,1-3H3;2*11-12H,1-8H3;1-4H3. The van der Waals surface area contributed by atoms with Crippen molar-refractivity contribution in [1.29, 1.82) is 0 Å². The molecule has 0 bridgehead atoms. The van der Waals surface area contributed by atoms with E-state index >= 15 is 0 Å². The molecule has 0 unspecified atom stereocenters. The molecule has 0 radical (unpaired) electrons. The van der Waals surface area contributed by atoms with E-state index in [0.717, 1.165) is 55.4 Å². The van der Waals surface area contributed by atoms with Gasteiger partial charge in [-0.3, -0.25) is 0 Å². The molecule has 4 heteroatoms. The molecule has 82 heavy (non-hydrogen) atoms. The minimum Gasteiger partial charge on any atom is -0.130 e. The number of hydrogen-bond acceptors (Lipinski definition) is 0. The lowest BCUT2D eigenvalue weighted by atomic mass is 9.98. The lowest BCUT2D eigenvalue weighted by Crippen LogP contribution is -2.50. The first kappa shape index (κ1) is 76.8. The highest BCUT2D eigenvalue weighted by Crippen LogP contribution is 2.59. The number of rotatable bonds is 10. The minimum absolute atomic E-state index is 0.151. The van der Waals surface area contributed by atoms with Crippen molar-refractivity contribution in [3.8, 4) is 57.7 Å². The molecular formula is C78H142Si4. The van der Waals surface area contributed by atoms with Gasteiger partial charge in [-0.1, -0.05) is 248 Å². The van der Waals surface area contributed by atoms with Crippen LogP contribution in [0.1, 0.15) is 340 Å². The van der Waals surface area contributed by atoms with Crippen LogP contribution in [-0.4, -0.2) is 32.3 Å². The van der Waals surface area contributed by atoms with Crippen LogP contribution in [0.2, 0.25) is 68.5 Å². The minimum atomic E-state index is -1.56. The first-order valence-corrected chi connectivity index (χ1v) is 45.2. The van der Waals surface area contributed by atoms with Gasteiger partial charge in [0.05, 0.1) is 0 Å². The van der Waals surface area contributed by atoms with Crippen molar-refractivity contribution >= 4 is 32.3 Å². The van der Waals surface area contributed by atoms with Gasteiger partial charge >= 0.3 is 0 Å². The van der Waals surface area contributed by atoms with Crippen molar-refractivity contribution in [3.05, 3.63) is 0 Å². The molecule has 0 aliphatic heterocycles. The Morgan fingerprint density at radius 3 is 0.549 bits per heavy atom. The number of hydrogen-bond donors (Lipinski definition) is 0. The first-order valence-electron chi connectivity index (χ1n) is 35.4. The average Bonchev–Trinajstić information content (AvgIpc) is 4.39. The highest BCUT2D eigenvalue weighted by atomic mass is 28.3. The Balaban J connectivity index is 0.000000370. The maximum Gasteiger partial charge on any atom is 0.147 e. The zero-order valence-corrected chi connectivity index (χ0v) is 64.4. The predicted molar refractivity (Wildman–Crippen MR) is 384 cm³/mol. The summed E-state index contributed by atoms with van der Waals surface area (Å²) in [4.78, 5) is 0. The summed E-state index contributed by atoms with van der Waals surface area (Å²) in [6, 6.07) is 0. The van der Waals surface area contributed by atoms with E-state index in [4.69, 9.17) is 0 Å². The molecule has 0 heterocycles. The van der Waals surface area contributed by atoms with Crippen LogP contribution in [0.3, 0.4) is 0 Å². The molecule has 0 saturated heterocycles. The maximum absolute atomic E-state index is 4.27. The van der Waals surface area contributed by atoms with E-state index < -0.39 is 32.3 Å². The van der Waals surface area contributed by atoms with E-state index in [1.165, 1.54) is 173 Å². The maximum atomic E-state index is 4.27. The summed E-state index contributed by atoms with van der Waals surface area (Å²) in [5.74, 6) is 20.4. The second kappa shape index (κ2) is 34.4. The SMILES string of the molecule is CC#CC(C)(C)C.CC(C)(C)C#C[Si](C1CCCC1)(C1CCCC1)C1CCCC1.CC(C)(C)C#C[Si](C1CCCCC1)(C1CCCCC1)C1CCCCC1.CC(C)[Si](C)(C#CC(C)(C)C)C(C)C.CC(C)[Si](C)(C#CC(C)(C)C)C(C)C. The summed E-state index contributed by atoms with van der Waals surface area (Å²) in [6.45, 7) is 58.7. The zero-order chi connectivity index (χ0) is 62.4. The van der Waals surface area contributed by atoms with Crippen molar-refractivity contribution in [1.82, 2.24) is 0 Å². The molecule has 0 spiro atoms. The van der Waals surface area contributed by atoms with Crippen molar-refractivity contribution in [2.45, 2.75) is 408 Å². The fourth-order valence-corrected chi connectivity index (χ4v) is 34.8. The molecule has 6 fully saturated rings. The fourth-order valence-electron chi connectivity index (χ4n) is 15.1. The van der Waals surface area contributed by atoms with Gasteiger partial charge in [0.1, 0.15) is 32.3 Å². The fraction of sp³-hybridized carbons (Fsp3) is 0.872. The second-order valence-corrected chi connectivity index (χ2v) is 54.0. The van der Waals surface area contributed by atoms with E-state index in [9.17, 15) is 0 Å². The zero-order valence-electron chi connectivity index (χ0n) is 60.4. The van der Waals surface area contributed by atoms with Crippen LogP contribution in [0.4, 0.5) is 0 Å². The summed E-state index contributed by atoms with van der Waals surface area (Å²) in [7, 11) is -5.78.